The van der Waals surface area contributed by atoms with Crippen LogP contribution in [0.4, 0.5) is 0 Å². The summed E-state index contributed by atoms with van der Waals surface area (Å²) in [5.74, 6) is 2.00. The number of hydrogen-bond donors (Lipinski definition) is 2. The van der Waals surface area contributed by atoms with Crippen LogP contribution in [0, 0.1) is 5.92 Å². The van der Waals surface area contributed by atoms with Crippen LogP contribution in [-0.4, -0.2) is 50.5 Å². The largest absolute Gasteiger partial charge is 0.443 e. The third kappa shape index (κ3) is 7.69. The first kappa shape index (κ1) is 23.1. The minimum Gasteiger partial charge on any atom is -0.443 e. The Labute approximate surface area is 187 Å². The van der Waals surface area contributed by atoms with Crippen LogP contribution >= 0.6 is 35.3 Å². The van der Waals surface area contributed by atoms with E-state index in [4.69, 9.17) is 13.9 Å². The molecule has 0 amide bonds. The van der Waals surface area contributed by atoms with Crippen LogP contribution < -0.4 is 10.6 Å². The zero-order valence-electron chi connectivity index (χ0n) is 16.2. The highest BCUT2D eigenvalue weighted by Gasteiger charge is 2.15. The SMILES string of the molecule is CCNC(=NCc1coc(-c2cccs2)n1)NCCCOCC1CCOC1.I. The molecule has 1 saturated heterocycles. The molecular weight excluding hydrogens is 491 g/mol. The minimum atomic E-state index is 0. The second-order valence-corrected chi connectivity index (χ2v) is 7.35. The Morgan fingerprint density at radius 1 is 1.43 bits per heavy atom. The Bertz CT molecular complexity index is 687. The smallest absolute Gasteiger partial charge is 0.236 e. The van der Waals surface area contributed by atoms with E-state index in [0.29, 0.717) is 18.4 Å². The number of nitrogens with zero attached hydrogens (tertiary/aromatic N) is 2. The summed E-state index contributed by atoms with van der Waals surface area (Å²) >= 11 is 1.61. The Balaban J connectivity index is 0.00000280. The zero-order valence-corrected chi connectivity index (χ0v) is 19.3. The number of aliphatic imine (C=N–C) groups is 1. The molecule has 0 radical (unpaired) electrons. The standard InChI is InChI=1S/C19H28N4O3S.HI/c1-2-20-19(21-7-4-8-24-12-15-6-9-25-13-15)22-11-16-14-26-18(23-16)17-5-3-10-27-17;/h3,5,10,14-15H,2,4,6-9,11-13H2,1H3,(H2,20,21,22);1H. The van der Waals surface area contributed by atoms with Gasteiger partial charge in [-0.05, 0) is 31.2 Å². The van der Waals surface area contributed by atoms with Crippen LogP contribution in [0.25, 0.3) is 10.8 Å². The Morgan fingerprint density at radius 2 is 2.36 bits per heavy atom. The molecule has 1 unspecified atom stereocenters. The molecule has 3 rings (SSSR count). The maximum atomic E-state index is 5.73. The summed E-state index contributed by atoms with van der Waals surface area (Å²) in [6.45, 7) is 7.40. The van der Waals surface area contributed by atoms with Crippen molar-refractivity contribution in [1.82, 2.24) is 15.6 Å². The van der Waals surface area contributed by atoms with Gasteiger partial charge < -0.3 is 24.5 Å². The maximum absolute atomic E-state index is 5.73. The third-order valence-electron chi connectivity index (χ3n) is 4.16. The van der Waals surface area contributed by atoms with E-state index in [1.165, 1.54) is 0 Å². The van der Waals surface area contributed by atoms with Crippen molar-refractivity contribution in [3.8, 4) is 10.8 Å². The molecule has 2 aromatic rings. The summed E-state index contributed by atoms with van der Waals surface area (Å²) in [4.78, 5) is 10.1. The molecule has 1 aliphatic heterocycles. The van der Waals surface area contributed by atoms with Crippen LogP contribution in [0.5, 0.6) is 0 Å². The lowest BCUT2D eigenvalue weighted by atomic mass is 10.1. The van der Waals surface area contributed by atoms with Crippen molar-refractivity contribution in [2.24, 2.45) is 10.9 Å². The molecule has 1 atom stereocenters. The minimum absolute atomic E-state index is 0. The Kier molecular flexibility index (Phi) is 10.8. The summed E-state index contributed by atoms with van der Waals surface area (Å²) in [6.07, 6.45) is 3.72. The fourth-order valence-corrected chi connectivity index (χ4v) is 3.40. The predicted octanol–water partition coefficient (Wildman–Crippen LogP) is 3.52. The van der Waals surface area contributed by atoms with E-state index >= 15 is 0 Å². The Hall–Kier alpha value is -1.17. The number of nitrogens with one attached hydrogen (secondary N) is 2. The van der Waals surface area contributed by atoms with Gasteiger partial charge in [-0.3, -0.25) is 0 Å². The summed E-state index contributed by atoms with van der Waals surface area (Å²) in [5, 5.41) is 8.59. The van der Waals surface area contributed by atoms with Gasteiger partial charge in [0.15, 0.2) is 5.96 Å². The molecule has 7 nitrogen and oxygen atoms in total. The van der Waals surface area contributed by atoms with Gasteiger partial charge in [0.25, 0.3) is 0 Å². The molecule has 1 aliphatic rings. The first-order chi connectivity index (χ1) is 13.3. The fourth-order valence-electron chi connectivity index (χ4n) is 2.74. The van der Waals surface area contributed by atoms with Gasteiger partial charge in [0.05, 0.1) is 24.6 Å². The van der Waals surface area contributed by atoms with E-state index < -0.39 is 0 Å². The monoisotopic (exact) mass is 520 g/mol. The van der Waals surface area contributed by atoms with Crippen LogP contribution in [0.15, 0.2) is 33.2 Å². The van der Waals surface area contributed by atoms with Crippen LogP contribution in [0.2, 0.25) is 0 Å². The molecule has 28 heavy (non-hydrogen) atoms. The van der Waals surface area contributed by atoms with Gasteiger partial charge in [-0.1, -0.05) is 6.07 Å². The molecule has 0 spiro atoms. The normalized spacial score (nSPS) is 16.8. The maximum Gasteiger partial charge on any atom is 0.236 e. The first-order valence-electron chi connectivity index (χ1n) is 9.51. The molecule has 0 saturated carbocycles. The van der Waals surface area contributed by atoms with Crippen LogP contribution in [0.3, 0.4) is 0 Å². The number of thiophene rings is 1. The van der Waals surface area contributed by atoms with E-state index in [1.807, 2.05) is 17.5 Å². The second-order valence-electron chi connectivity index (χ2n) is 6.40. The summed E-state index contributed by atoms with van der Waals surface area (Å²) < 4.78 is 16.6. The van der Waals surface area contributed by atoms with E-state index in [0.717, 1.165) is 68.9 Å². The lowest BCUT2D eigenvalue weighted by Crippen LogP contribution is -2.38. The topological polar surface area (TPSA) is 80.9 Å². The van der Waals surface area contributed by atoms with Gasteiger partial charge in [0.2, 0.25) is 5.89 Å². The number of aromatic nitrogens is 1. The number of hydrogen-bond acceptors (Lipinski definition) is 6. The fraction of sp³-hybridized carbons (Fsp3) is 0.579. The quantitative estimate of drug-likeness (QED) is 0.216. The third-order valence-corrected chi connectivity index (χ3v) is 5.02. The highest BCUT2D eigenvalue weighted by Crippen LogP contribution is 2.23. The van der Waals surface area contributed by atoms with E-state index in [9.17, 15) is 0 Å². The lowest BCUT2D eigenvalue weighted by molar-refractivity contribution is 0.0888. The number of guanidine groups is 1. The number of oxazole rings is 1. The van der Waals surface area contributed by atoms with Crippen molar-refractivity contribution in [1.29, 1.82) is 0 Å². The van der Waals surface area contributed by atoms with Gasteiger partial charge in [-0.25, -0.2) is 9.98 Å². The molecule has 2 N–H and O–H groups in total. The Morgan fingerprint density at radius 3 is 3.11 bits per heavy atom. The number of halogens is 1. The van der Waals surface area contributed by atoms with E-state index in [-0.39, 0.29) is 24.0 Å². The van der Waals surface area contributed by atoms with E-state index in [2.05, 4.69) is 27.5 Å². The van der Waals surface area contributed by atoms with Crippen molar-refractivity contribution >= 4 is 41.3 Å². The van der Waals surface area contributed by atoms with E-state index in [1.54, 1.807) is 17.6 Å². The number of ether oxygens (including phenoxy) is 2. The van der Waals surface area contributed by atoms with Crippen molar-refractivity contribution in [2.75, 3.05) is 39.5 Å². The predicted molar refractivity (Wildman–Crippen MR) is 122 cm³/mol. The number of rotatable bonds is 10. The molecule has 156 valence electrons. The van der Waals surface area contributed by atoms with Crippen molar-refractivity contribution in [3.05, 3.63) is 29.5 Å². The molecular formula is C19H29IN4O3S. The molecule has 0 aliphatic carbocycles. The summed E-state index contributed by atoms with van der Waals surface area (Å²) in [7, 11) is 0. The summed E-state index contributed by atoms with van der Waals surface area (Å²) in [6, 6.07) is 3.98. The summed E-state index contributed by atoms with van der Waals surface area (Å²) in [5.41, 5.74) is 0.817. The molecule has 0 bridgehead atoms. The highest BCUT2D eigenvalue weighted by molar-refractivity contribution is 14.0. The molecule has 2 aromatic heterocycles. The molecule has 1 fully saturated rings. The van der Waals surface area contributed by atoms with Gasteiger partial charge in [-0.2, -0.15) is 0 Å². The molecule has 0 aromatic carbocycles. The molecule has 3 heterocycles. The van der Waals surface area contributed by atoms with Gasteiger partial charge in [0.1, 0.15) is 12.0 Å². The lowest BCUT2D eigenvalue weighted by Gasteiger charge is -2.12. The van der Waals surface area contributed by atoms with Crippen LogP contribution in [0.1, 0.15) is 25.5 Å². The highest BCUT2D eigenvalue weighted by atomic mass is 127. The van der Waals surface area contributed by atoms with Crippen molar-refractivity contribution in [2.45, 2.75) is 26.3 Å². The first-order valence-corrected chi connectivity index (χ1v) is 10.4. The molecule has 9 heteroatoms. The average Bonchev–Trinajstić information content (AvgIpc) is 3.44. The average molecular weight is 520 g/mol. The second kappa shape index (κ2) is 13.1. The van der Waals surface area contributed by atoms with Crippen molar-refractivity contribution in [3.63, 3.8) is 0 Å². The van der Waals surface area contributed by atoms with Gasteiger partial charge >= 0.3 is 0 Å². The van der Waals surface area contributed by atoms with Gasteiger partial charge in [-0.15, -0.1) is 35.3 Å². The van der Waals surface area contributed by atoms with Crippen molar-refractivity contribution < 1.29 is 13.9 Å². The van der Waals surface area contributed by atoms with Gasteiger partial charge in [0, 0.05) is 32.2 Å². The van der Waals surface area contributed by atoms with Crippen LogP contribution in [-0.2, 0) is 16.0 Å². The zero-order chi connectivity index (χ0) is 18.7.